The minimum absolute atomic E-state index is 0.0786. The van der Waals surface area contributed by atoms with Crippen LogP contribution in [-0.2, 0) is 23.8 Å². The van der Waals surface area contributed by atoms with Crippen LogP contribution in [0.5, 0.6) is 0 Å². The van der Waals surface area contributed by atoms with Crippen LogP contribution < -0.4 is 0 Å². The number of hydrogen-bond donors (Lipinski definition) is 0. The fraction of sp³-hybridized carbons (Fsp3) is 0.815. The smallest absolute Gasteiger partial charge is 0.306 e. The van der Waals surface area contributed by atoms with Gasteiger partial charge in [0.2, 0.25) is 0 Å². The van der Waals surface area contributed by atoms with E-state index in [2.05, 4.69) is 81.5 Å². The summed E-state index contributed by atoms with van der Waals surface area (Å²) in [4.78, 5) is 25.6. The van der Waals surface area contributed by atoms with E-state index < -0.39 is 6.10 Å². The Balaban J connectivity index is 4.28. The molecule has 0 amide bonds. The van der Waals surface area contributed by atoms with E-state index in [0.717, 1.165) is 77.0 Å². The summed E-state index contributed by atoms with van der Waals surface area (Å²) < 4.78 is 17.5. The second-order valence-electron chi connectivity index (χ2n) is 20.6. The Labute approximate surface area is 436 Å². The molecular formula is C65H118O5. The summed E-state index contributed by atoms with van der Waals surface area (Å²) in [5.41, 5.74) is 0. The molecule has 0 aliphatic heterocycles. The Hall–Kier alpha value is -2.40. The number of rotatable bonds is 57. The number of allylic oxidation sites excluding steroid dienone is 10. The predicted octanol–water partition coefficient (Wildman–Crippen LogP) is 21.2. The van der Waals surface area contributed by atoms with Gasteiger partial charge in [-0.1, -0.05) is 281 Å². The minimum atomic E-state index is -0.549. The van der Waals surface area contributed by atoms with Gasteiger partial charge in [0.25, 0.3) is 0 Å². The molecule has 5 nitrogen and oxygen atoms in total. The number of hydrogen-bond acceptors (Lipinski definition) is 5. The number of carbonyl (C=O) groups is 2. The molecule has 0 aromatic heterocycles. The quantitative estimate of drug-likeness (QED) is 0.0345. The molecule has 0 bridgehead atoms. The predicted molar refractivity (Wildman–Crippen MR) is 307 cm³/mol. The topological polar surface area (TPSA) is 61.8 Å². The van der Waals surface area contributed by atoms with Crippen LogP contribution in [0.4, 0.5) is 0 Å². The van der Waals surface area contributed by atoms with E-state index in [4.69, 9.17) is 14.2 Å². The Morgan fingerprint density at radius 2 is 0.643 bits per heavy atom. The summed E-state index contributed by atoms with van der Waals surface area (Å²) in [6, 6.07) is 0. The van der Waals surface area contributed by atoms with E-state index in [9.17, 15) is 9.59 Å². The summed E-state index contributed by atoms with van der Waals surface area (Å²) in [7, 11) is 0. The fourth-order valence-corrected chi connectivity index (χ4v) is 8.97. The number of esters is 2. The largest absolute Gasteiger partial charge is 0.462 e. The van der Waals surface area contributed by atoms with E-state index in [1.807, 2.05) is 0 Å². The zero-order chi connectivity index (χ0) is 50.6. The maximum Gasteiger partial charge on any atom is 0.306 e. The summed E-state index contributed by atoms with van der Waals surface area (Å²) in [5.74, 6) is -0.396. The van der Waals surface area contributed by atoms with Crippen LogP contribution in [0.3, 0.4) is 0 Å². The molecule has 408 valence electrons. The standard InChI is InChI=1S/C65H118O5/c1-4-7-10-13-16-19-22-25-28-31-33-35-37-40-43-46-49-52-55-58-64(66)69-62-63(61-68-60-57-54-51-48-45-42-39-36-32-29-26-23-20-17-14-11-8-5-2)70-65(67)59-56-53-50-47-44-41-38-34-30-27-24-21-18-15-12-9-6-3/h8,11,17,20,26-27,29-30,36,39,63H,4-7,9-10,12-16,18-19,21-25,28,31-35,37-38,40-62H2,1-3H3/b11-8-,20-17-,29-26-,30-27-,39-36-. The first-order valence-electron chi connectivity index (χ1n) is 30.8. The first kappa shape index (κ1) is 67.6. The van der Waals surface area contributed by atoms with Crippen molar-refractivity contribution in [2.75, 3.05) is 19.8 Å². The lowest BCUT2D eigenvalue weighted by Crippen LogP contribution is -2.30. The minimum Gasteiger partial charge on any atom is -0.462 e. The summed E-state index contributed by atoms with van der Waals surface area (Å²) in [6.07, 6.45) is 78.2. The van der Waals surface area contributed by atoms with Gasteiger partial charge < -0.3 is 14.2 Å². The third-order valence-corrected chi connectivity index (χ3v) is 13.5. The highest BCUT2D eigenvalue weighted by atomic mass is 16.6. The lowest BCUT2D eigenvalue weighted by Gasteiger charge is -2.18. The molecule has 0 aromatic carbocycles. The molecule has 1 atom stereocenters. The summed E-state index contributed by atoms with van der Waals surface area (Å²) in [5, 5.41) is 0. The Bertz CT molecular complexity index is 1200. The molecule has 0 heterocycles. The van der Waals surface area contributed by atoms with Crippen molar-refractivity contribution in [1.82, 2.24) is 0 Å². The molecule has 0 aromatic rings. The van der Waals surface area contributed by atoms with Crippen LogP contribution in [-0.4, -0.2) is 37.9 Å². The molecular weight excluding hydrogens is 861 g/mol. The lowest BCUT2D eigenvalue weighted by atomic mass is 10.0. The third-order valence-electron chi connectivity index (χ3n) is 13.5. The van der Waals surface area contributed by atoms with Gasteiger partial charge in [0.05, 0.1) is 6.61 Å². The van der Waals surface area contributed by atoms with E-state index in [1.54, 1.807) is 0 Å². The van der Waals surface area contributed by atoms with Gasteiger partial charge in [0.1, 0.15) is 6.61 Å². The highest BCUT2D eigenvalue weighted by Gasteiger charge is 2.17. The number of ether oxygens (including phenoxy) is 3. The second-order valence-corrected chi connectivity index (χ2v) is 20.6. The Kier molecular flexibility index (Phi) is 58.8. The molecule has 0 aliphatic rings. The monoisotopic (exact) mass is 979 g/mol. The van der Waals surface area contributed by atoms with Crippen molar-refractivity contribution >= 4 is 11.9 Å². The van der Waals surface area contributed by atoms with Crippen LogP contribution in [0.25, 0.3) is 0 Å². The van der Waals surface area contributed by atoms with Crippen molar-refractivity contribution in [3.8, 4) is 0 Å². The molecule has 0 aliphatic carbocycles. The van der Waals surface area contributed by atoms with E-state index in [-0.39, 0.29) is 25.2 Å². The average molecular weight is 980 g/mol. The molecule has 0 spiro atoms. The zero-order valence-corrected chi connectivity index (χ0v) is 47.0. The normalized spacial score (nSPS) is 12.6. The molecule has 0 N–H and O–H groups in total. The summed E-state index contributed by atoms with van der Waals surface area (Å²) in [6.45, 7) is 7.72. The lowest BCUT2D eigenvalue weighted by molar-refractivity contribution is -0.163. The molecule has 1 unspecified atom stereocenters. The second kappa shape index (κ2) is 60.9. The van der Waals surface area contributed by atoms with Gasteiger partial charge >= 0.3 is 11.9 Å². The van der Waals surface area contributed by atoms with Gasteiger partial charge in [-0.15, -0.1) is 0 Å². The highest BCUT2D eigenvalue weighted by molar-refractivity contribution is 5.70. The van der Waals surface area contributed by atoms with E-state index in [0.29, 0.717) is 19.4 Å². The van der Waals surface area contributed by atoms with Crippen molar-refractivity contribution < 1.29 is 23.8 Å². The SMILES string of the molecule is CC/C=C\C/C=C\C/C=C\C/C=C\CCCCCCCOCC(COC(=O)CCCCCCCCCCCCCCCCCCCCC)OC(=O)CCCCCCCCC/C=C\CCCCCCCC. The van der Waals surface area contributed by atoms with Gasteiger partial charge in [-0.05, 0) is 83.5 Å². The third kappa shape index (κ3) is 58.2. The zero-order valence-electron chi connectivity index (χ0n) is 47.0. The molecule has 70 heavy (non-hydrogen) atoms. The van der Waals surface area contributed by atoms with Crippen molar-refractivity contribution in [3.05, 3.63) is 60.8 Å². The number of carbonyl (C=O) groups excluding carboxylic acids is 2. The average Bonchev–Trinajstić information content (AvgIpc) is 3.36. The maximum atomic E-state index is 12.9. The highest BCUT2D eigenvalue weighted by Crippen LogP contribution is 2.17. The summed E-state index contributed by atoms with van der Waals surface area (Å²) >= 11 is 0. The van der Waals surface area contributed by atoms with Crippen LogP contribution in [0.15, 0.2) is 60.8 Å². The molecule has 0 saturated heterocycles. The Morgan fingerprint density at radius 1 is 0.329 bits per heavy atom. The van der Waals surface area contributed by atoms with E-state index >= 15 is 0 Å². The van der Waals surface area contributed by atoms with Crippen LogP contribution >= 0.6 is 0 Å². The van der Waals surface area contributed by atoms with Crippen molar-refractivity contribution in [1.29, 1.82) is 0 Å². The van der Waals surface area contributed by atoms with Crippen molar-refractivity contribution in [2.45, 2.75) is 322 Å². The van der Waals surface area contributed by atoms with Gasteiger partial charge in [-0.3, -0.25) is 9.59 Å². The first-order valence-corrected chi connectivity index (χ1v) is 30.8. The van der Waals surface area contributed by atoms with Gasteiger partial charge in [-0.25, -0.2) is 0 Å². The fourth-order valence-electron chi connectivity index (χ4n) is 8.97. The first-order chi connectivity index (χ1) is 34.6. The van der Waals surface area contributed by atoms with Gasteiger partial charge in [0.15, 0.2) is 6.10 Å². The molecule has 0 saturated carbocycles. The maximum absolute atomic E-state index is 12.9. The number of unbranched alkanes of at least 4 members (excludes halogenated alkanes) is 36. The van der Waals surface area contributed by atoms with Crippen LogP contribution in [0.2, 0.25) is 0 Å². The van der Waals surface area contributed by atoms with Gasteiger partial charge in [-0.2, -0.15) is 0 Å². The van der Waals surface area contributed by atoms with Crippen LogP contribution in [0.1, 0.15) is 316 Å². The van der Waals surface area contributed by atoms with Crippen molar-refractivity contribution in [3.63, 3.8) is 0 Å². The Morgan fingerprint density at radius 3 is 1.04 bits per heavy atom. The molecule has 5 heteroatoms. The molecule has 0 rings (SSSR count). The molecule has 0 fully saturated rings. The van der Waals surface area contributed by atoms with Gasteiger partial charge in [0, 0.05) is 19.4 Å². The van der Waals surface area contributed by atoms with E-state index in [1.165, 1.54) is 205 Å². The van der Waals surface area contributed by atoms with Crippen molar-refractivity contribution in [2.24, 2.45) is 0 Å². The molecule has 0 radical (unpaired) electrons. The van der Waals surface area contributed by atoms with Crippen LogP contribution in [0, 0.1) is 0 Å².